The Kier molecular flexibility index (Phi) is 3.03. The van der Waals surface area contributed by atoms with Crippen molar-refractivity contribution in [1.82, 2.24) is 19.4 Å². The van der Waals surface area contributed by atoms with Crippen LogP contribution in [0.5, 0.6) is 0 Å². The predicted molar refractivity (Wildman–Crippen MR) is 92.1 cm³/mol. The van der Waals surface area contributed by atoms with Crippen LogP contribution in [0.4, 0.5) is 0 Å². The van der Waals surface area contributed by atoms with Crippen LogP contribution in [0.2, 0.25) is 0 Å². The Morgan fingerprint density at radius 2 is 2.13 bits per heavy atom. The summed E-state index contributed by atoms with van der Waals surface area (Å²) in [6.45, 7) is 4.00. The normalized spacial score (nSPS) is 12.1. The number of H-pyrrole nitrogens is 1. The van der Waals surface area contributed by atoms with Crippen LogP contribution in [-0.4, -0.2) is 19.4 Å². The minimum atomic E-state index is 0.495. The Labute approximate surface area is 136 Å². The van der Waals surface area contributed by atoms with E-state index in [0.717, 1.165) is 27.4 Å². The third-order valence-electron chi connectivity index (χ3n) is 3.71. The maximum Gasteiger partial charge on any atom is 0.194 e. The van der Waals surface area contributed by atoms with Crippen molar-refractivity contribution in [3.8, 4) is 6.07 Å². The zero-order chi connectivity index (χ0) is 16.0. The number of allylic oxidation sites excluding steroid dienone is 1. The fraction of sp³-hybridized carbons (Fsp3) is 0.118. The molecule has 0 amide bonds. The van der Waals surface area contributed by atoms with Crippen molar-refractivity contribution in [2.45, 2.75) is 13.8 Å². The molecule has 0 bridgehead atoms. The van der Waals surface area contributed by atoms with Gasteiger partial charge in [0.15, 0.2) is 4.96 Å². The molecule has 0 fully saturated rings. The summed E-state index contributed by atoms with van der Waals surface area (Å²) in [6.07, 6.45) is 3.89. The van der Waals surface area contributed by atoms with Crippen molar-refractivity contribution in [2.24, 2.45) is 0 Å². The fourth-order valence-corrected chi connectivity index (χ4v) is 3.50. The minimum Gasteiger partial charge on any atom is -0.337 e. The molecule has 0 aliphatic rings. The number of benzene rings is 1. The Hall–Kier alpha value is -2.91. The van der Waals surface area contributed by atoms with Gasteiger partial charge in [0, 0.05) is 11.1 Å². The van der Waals surface area contributed by atoms with Gasteiger partial charge in [-0.2, -0.15) is 5.26 Å². The first-order valence-corrected chi connectivity index (χ1v) is 7.99. The van der Waals surface area contributed by atoms with E-state index in [4.69, 9.17) is 0 Å². The van der Waals surface area contributed by atoms with Gasteiger partial charge in [-0.3, -0.25) is 4.40 Å². The van der Waals surface area contributed by atoms with Gasteiger partial charge in [-0.05, 0) is 32.1 Å². The molecule has 1 aromatic carbocycles. The summed E-state index contributed by atoms with van der Waals surface area (Å²) in [7, 11) is 0. The lowest BCUT2D eigenvalue weighted by Crippen LogP contribution is -1.89. The van der Waals surface area contributed by atoms with Crippen LogP contribution in [-0.2, 0) is 0 Å². The third kappa shape index (κ3) is 2.22. The molecule has 6 heteroatoms. The number of fused-ring (bicyclic) bond motifs is 2. The molecular weight excluding hydrogens is 306 g/mol. The number of nitrogens with one attached hydrogen (secondary N) is 1. The van der Waals surface area contributed by atoms with Crippen molar-refractivity contribution in [2.75, 3.05) is 0 Å². The molecule has 23 heavy (non-hydrogen) atoms. The van der Waals surface area contributed by atoms with E-state index in [9.17, 15) is 5.26 Å². The lowest BCUT2D eigenvalue weighted by molar-refractivity contribution is 1.18. The third-order valence-corrected chi connectivity index (χ3v) is 4.61. The van der Waals surface area contributed by atoms with E-state index < -0.39 is 0 Å². The van der Waals surface area contributed by atoms with Gasteiger partial charge in [-0.25, -0.2) is 9.97 Å². The first kappa shape index (κ1) is 13.7. The highest BCUT2D eigenvalue weighted by Crippen LogP contribution is 2.25. The molecule has 0 aliphatic heterocycles. The molecule has 4 aromatic rings. The summed E-state index contributed by atoms with van der Waals surface area (Å²) in [5, 5.41) is 9.57. The molecule has 0 spiro atoms. The summed E-state index contributed by atoms with van der Waals surface area (Å²) < 4.78 is 2.02. The number of para-hydroxylation sites is 2. The van der Waals surface area contributed by atoms with E-state index in [2.05, 4.69) is 21.0 Å². The number of aryl methyl sites for hydroxylation is 2. The van der Waals surface area contributed by atoms with Crippen molar-refractivity contribution in [3.63, 3.8) is 0 Å². The quantitative estimate of drug-likeness (QED) is 0.569. The summed E-state index contributed by atoms with van der Waals surface area (Å²) in [5.41, 5.74) is 4.09. The Morgan fingerprint density at radius 1 is 1.30 bits per heavy atom. The van der Waals surface area contributed by atoms with Crippen molar-refractivity contribution >= 4 is 39.0 Å². The summed E-state index contributed by atoms with van der Waals surface area (Å²) >= 11 is 1.64. The van der Waals surface area contributed by atoms with E-state index in [-0.39, 0.29) is 0 Å². The Balaban J connectivity index is 1.89. The molecule has 112 valence electrons. The van der Waals surface area contributed by atoms with Crippen molar-refractivity contribution in [1.29, 1.82) is 5.26 Å². The zero-order valence-corrected chi connectivity index (χ0v) is 13.5. The number of thiazole rings is 1. The molecule has 0 atom stereocenters. The van der Waals surface area contributed by atoms with Crippen molar-refractivity contribution < 1.29 is 0 Å². The average molecular weight is 319 g/mol. The summed E-state index contributed by atoms with van der Waals surface area (Å²) in [5.74, 6) is 0.579. The number of hydrogen-bond acceptors (Lipinski definition) is 4. The molecule has 0 unspecified atom stereocenters. The average Bonchev–Trinajstić information content (AvgIpc) is 3.18. The van der Waals surface area contributed by atoms with Gasteiger partial charge < -0.3 is 4.98 Å². The summed E-state index contributed by atoms with van der Waals surface area (Å²) in [4.78, 5) is 14.4. The molecular formula is C17H13N5S. The highest BCUT2D eigenvalue weighted by atomic mass is 32.1. The van der Waals surface area contributed by atoms with Crippen LogP contribution in [0.25, 0.3) is 27.6 Å². The smallest absolute Gasteiger partial charge is 0.194 e. The molecule has 4 rings (SSSR count). The monoisotopic (exact) mass is 319 g/mol. The first-order chi connectivity index (χ1) is 11.2. The number of hydrogen-bond donors (Lipinski definition) is 1. The largest absolute Gasteiger partial charge is 0.337 e. The number of nitriles is 1. The van der Waals surface area contributed by atoms with Gasteiger partial charge in [-0.15, -0.1) is 11.3 Å². The van der Waals surface area contributed by atoms with Gasteiger partial charge in [0.2, 0.25) is 0 Å². The fourth-order valence-electron chi connectivity index (χ4n) is 2.63. The van der Waals surface area contributed by atoms with Crippen molar-refractivity contribution in [3.05, 3.63) is 52.6 Å². The Morgan fingerprint density at radius 3 is 2.91 bits per heavy atom. The van der Waals surface area contributed by atoms with Crippen LogP contribution in [0.1, 0.15) is 22.1 Å². The highest BCUT2D eigenvalue weighted by molar-refractivity contribution is 7.17. The van der Waals surface area contributed by atoms with Crippen LogP contribution in [0.3, 0.4) is 0 Å². The van der Waals surface area contributed by atoms with Crippen LogP contribution in [0.15, 0.2) is 30.5 Å². The van der Waals surface area contributed by atoms with Gasteiger partial charge in [-0.1, -0.05) is 12.1 Å². The SMILES string of the molecule is Cc1cn2c(/C=C(/C#N)c3nc4ccccc4[nH]3)c(C)nc2s1. The number of imidazole rings is 2. The molecule has 1 N–H and O–H groups in total. The molecule has 0 radical (unpaired) electrons. The lowest BCUT2D eigenvalue weighted by Gasteiger charge is -1.96. The zero-order valence-electron chi connectivity index (χ0n) is 12.7. The molecule has 3 aromatic heterocycles. The van der Waals surface area contributed by atoms with E-state index in [1.165, 1.54) is 4.88 Å². The first-order valence-electron chi connectivity index (χ1n) is 7.18. The number of aromatic nitrogens is 4. The van der Waals surface area contributed by atoms with E-state index in [0.29, 0.717) is 11.4 Å². The van der Waals surface area contributed by atoms with Gasteiger partial charge in [0.25, 0.3) is 0 Å². The molecule has 3 heterocycles. The topological polar surface area (TPSA) is 69.8 Å². The second kappa shape index (κ2) is 5.07. The molecule has 0 saturated carbocycles. The van der Waals surface area contributed by atoms with Gasteiger partial charge in [0.05, 0.1) is 28.0 Å². The van der Waals surface area contributed by atoms with E-state index in [1.54, 1.807) is 11.3 Å². The maximum atomic E-state index is 9.57. The van der Waals surface area contributed by atoms with Crippen LogP contribution >= 0.6 is 11.3 Å². The minimum absolute atomic E-state index is 0.495. The lowest BCUT2D eigenvalue weighted by atomic mass is 10.2. The van der Waals surface area contributed by atoms with Crippen LogP contribution in [0, 0.1) is 25.2 Å². The number of nitrogens with zero attached hydrogens (tertiary/aromatic N) is 4. The van der Waals surface area contributed by atoms with Crippen LogP contribution < -0.4 is 0 Å². The van der Waals surface area contributed by atoms with Gasteiger partial charge in [0.1, 0.15) is 11.9 Å². The molecule has 5 nitrogen and oxygen atoms in total. The van der Waals surface area contributed by atoms with E-state index >= 15 is 0 Å². The van der Waals surface area contributed by atoms with E-state index in [1.807, 2.05) is 54.8 Å². The predicted octanol–water partition coefficient (Wildman–Crippen LogP) is 3.95. The maximum absolute atomic E-state index is 9.57. The highest BCUT2D eigenvalue weighted by Gasteiger charge is 2.13. The Bertz CT molecular complexity index is 1070. The molecule has 0 saturated heterocycles. The second-order valence-electron chi connectivity index (χ2n) is 5.35. The van der Waals surface area contributed by atoms with Gasteiger partial charge >= 0.3 is 0 Å². The summed E-state index contributed by atoms with van der Waals surface area (Å²) in [6, 6.07) is 10.00. The standard InChI is InChI=1S/C17H13N5S/c1-10-9-22-15(11(2)19-17(22)23-10)7-12(8-18)16-20-13-5-3-4-6-14(13)21-16/h3-7,9H,1-2H3,(H,20,21)/b12-7-. The molecule has 0 aliphatic carbocycles. The second-order valence-corrected chi connectivity index (χ2v) is 6.56. The number of rotatable bonds is 2. The number of aromatic amines is 1.